The van der Waals surface area contributed by atoms with E-state index in [1.54, 1.807) is 19.1 Å². The maximum absolute atomic E-state index is 12.4. The van der Waals surface area contributed by atoms with E-state index in [9.17, 15) is 15.0 Å². The lowest BCUT2D eigenvalue weighted by Gasteiger charge is -2.33. The molecule has 1 saturated heterocycles. The molecule has 1 aromatic heterocycles. The molecule has 2 heterocycles. The molecule has 0 saturated carbocycles. The van der Waals surface area contributed by atoms with Crippen LogP contribution < -0.4 is 10.2 Å². The smallest absolute Gasteiger partial charge is 0.251 e. The molecule has 200 valence electrons. The zero-order valence-electron chi connectivity index (χ0n) is 22.7. The second kappa shape index (κ2) is 14.2. The molecule has 0 atom stereocenters. The lowest BCUT2D eigenvalue weighted by atomic mass is 9.88. The Morgan fingerprint density at radius 3 is 2.42 bits per heavy atom. The molecule has 2 rings (SSSR count). The van der Waals surface area contributed by atoms with Crippen molar-refractivity contribution in [3.05, 3.63) is 59.5 Å². The minimum atomic E-state index is -0.696. The topological polar surface area (TPSA) is 94.9 Å². The van der Waals surface area contributed by atoms with Gasteiger partial charge in [-0.3, -0.25) is 4.79 Å². The molecule has 1 aliphatic rings. The molecular formula is C29H45N3O4. The number of pyridine rings is 1. The number of rotatable bonds is 12. The number of aromatic nitrogens is 1. The number of carbonyl (C=O) groups is 1. The van der Waals surface area contributed by atoms with Crippen molar-refractivity contribution in [2.45, 2.75) is 71.8 Å². The Morgan fingerprint density at radius 1 is 1.22 bits per heavy atom. The van der Waals surface area contributed by atoms with Crippen molar-refractivity contribution >= 4 is 11.7 Å². The third-order valence-electron chi connectivity index (χ3n) is 6.60. The molecule has 1 fully saturated rings. The summed E-state index contributed by atoms with van der Waals surface area (Å²) < 4.78 is 5.85. The van der Waals surface area contributed by atoms with Crippen molar-refractivity contribution in [3.63, 3.8) is 0 Å². The number of nitrogens with one attached hydrogen (secondary N) is 1. The molecule has 0 radical (unpaired) electrons. The summed E-state index contributed by atoms with van der Waals surface area (Å²) in [6.07, 6.45) is 9.89. The molecule has 1 aromatic rings. The van der Waals surface area contributed by atoms with Gasteiger partial charge >= 0.3 is 0 Å². The van der Waals surface area contributed by atoms with Crippen molar-refractivity contribution in [2.24, 2.45) is 5.92 Å². The number of aliphatic hydroxyl groups excluding tert-OH is 2. The highest BCUT2D eigenvalue weighted by Gasteiger charge is 2.21. The van der Waals surface area contributed by atoms with E-state index in [4.69, 9.17) is 9.72 Å². The van der Waals surface area contributed by atoms with Crippen LogP contribution in [0.2, 0.25) is 0 Å². The SMILES string of the molecule is C=C(C)/C(=C\C=C(/C)OCCCC1CCN(c2ccc(C(C)(C)C)cn2)CC1)C(=O)NC(CO)CO. The van der Waals surface area contributed by atoms with Crippen LogP contribution in [-0.2, 0) is 14.9 Å². The van der Waals surface area contributed by atoms with Gasteiger partial charge in [-0.15, -0.1) is 0 Å². The Morgan fingerprint density at radius 2 is 1.89 bits per heavy atom. The number of nitrogens with zero attached hydrogens (tertiary/aromatic N) is 2. The number of hydrogen-bond acceptors (Lipinski definition) is 6. The summed E-state index contributed by atoms with van der Waals surface area (Å²) in [5.41, 5.74) is 2.37. The van der Waals surface area contributed by atoms with E-state index in [1.165, 1.54) is 18.4 Å². The Kier molecular flexibility index (Phi) is 11.7. The van der Waals surface area contributed by atoms with E-state index in [2.05, 4.69) is 49.7 Å². The van der Waals surface area contributed by atoms with Gasteiger partial charge in [0.05, 0.1) is 31.6 Å². The molecule has 0 aromatic carbocycles. The van der Waals surface area contributed by atoms with Gasteiger partial charge in [-0.1, -0.05) is 33.4 Å². The van der Waals surface area contributed by atoms with Gasteiger partial charge < -0.3 is 25.2 Å². The molecular weight excluding hydrogens is 454 g/mol. The van der Waals surface area contributed by atoms with Crippen LogP contribution in [-0.4, -0.2) is 60.1 Å². The molecule has 7 nitrogen and oxygen atoms in total. The van der Waals surface area contributed by atoms with Crippen LogP contribution in [0.3, 0.4) is 0 Å². The highest BCUT2D eigenvalue weighted by molar-refractivity contribution is 5.97. The first-order valence-electron chi connectivity index (χ1n) is 13.0. The molecule has 1 aliphatic heterocycles. The monoisotopic (exact) mass is 499 g/mol. The van der Waals surface area contributed by atoms with Gasteiger partial charge in [0.1, 0.15) is 5.82 Å². The van der Waals surface area contributed by atoms with Crippen LogP contribution in [0, 0.1) is 5.92 Å². The van der Waals surface area contributed by atoms with E-state index >= 15 is 0 Å². The lowest BCUT2D eigenvalue weighted by molar-refractivity contribution is -0.118. The quantitative estimate of drug-likeness (QED) is 0.172. The van der Waals surface area contributed by atoms with Crippen LogP contribution in [0.5, 0.6) is 0 Å². The number of allylic oxidation sites excluding steroid dienone is 3. The largest absolute Gasteiger partial charge is 0.498 e. The third-order valence-corrected chi connectivity index (χ3v) is 6.60. The second-order valence-corrected chi connectivity index (χ2v) is 10.7. The van der Waals surface area contributed by atoms with E-state index in [-0.39, 0.29) is 24.5 Å². The molecule has 0 aliphatic carbocycles. The second-order valence-electron chi connectivity index (χ2n) is 10.7. The molecule has 0 spiro atoms. The van der Waals surface area contributed by atoms with Gasteiger partial charge in [-0.25, -0.2) is 4.98 Å². The maximum Gasteiger partial charge on any atom is 0.251 e. The van der Waals surface area contributed by atoms with E-state index in [0.717, 1.165) is 37.5 Å². The average Bonchev–Trinajstić information content (AvgIpc) is 2.85. The first-order valence-corrected chi connectivity index (χ1v) is 13.0. The summed E-state index contributed by atoms with van der Waals surface area (Å²) in [5.74, 6) is 2.12. The first kappa shape index (κ1) is 29.6. The van der Waals surface area contributed by atoms with Gasteiger partial charge in [0.15, 0.2) is 0 Å². The Bertz CT molecular complexity index is 903. The van der Waals surface area contributed by atoms with Gasteiger partial charge in [0.25, 0.3) is 5.91 Å². The zero-order chi connectivity index (χ0) is 26.7. The number of aliphatic hydroxyl groups is 2. The van der Waals surface area contributed by atoms with E-state index < -0.39 is 6.04 Å². The standard InChI is InChI=1S/C29H45N3O4/c1-21(2)26(28(35)31-25(19-33)20-34)11-9-22(3)36-17-7-8-23-13-15-32(16-14-23)27-12-10-24(18-30-27)29(4,5)6/h9-12,18,23,25,33-34H,1,7-8,13-17,19-20H2,2-6H3,(H,31,35)/b22-9+,26-11+. The minimum Gasteiger partial charge on any atom is -0.498 e. The highest BCUT2D eigenvalue weighted by Crippen LogP contribution is 2.27. The van der Waals surface area contributed by atoms with Crippen molar-refractivity contribution < 1.29 is 19.7 Å². The van der Waals surface area contributed by atoms with Crippen LogP contribution >= 0.6 is 0 Å². The summed E-state index contributed by atoms with van der Waals surface area (Å²) in [4.78, 5) is 19.5. The fourth-order valence-corrected chi connectivity index (χ4v) is 4.15. The minimum absolute atomic E-state index is 0.121. The predicted octanol–water partition coefficient (Wildman–Crippen LogP) is 4.27. The van der Waals surface area contributed by atoms with Crippen LogP contribution in [0.1, 0.15) is 65.9 Å². The summed E-state index contributed by atoms with van der Waals surface area (Å²) >= 11 is 0. The number of piperidine rings is 1. The first-order chi connectivity index (χ1) is 17.0. The lowest BCUT2D eigenvalue weighted by Crippen LogP contribution is -2.40. The van der Waals surface area contributed by atoms with E-state index in [0.29, 0.717) is 23.7 Å². The van der Waals surface area contributed by atoms with Gasteiger partial charge in [0.2, 0.25) is 0 Å². The van der Waals surface area contributed by atoms with Crippen molar-refractivity contribution in [1.82, 2.24) is 10.3 Å². The number of amides is 1. The highest BCUT2D eigenvalue weighted by atomic mass is 16.5. The Balaban J connectivity index is 1.75. The molecule has 1 amide bonds. The predicted molar refractivity (Wildman–Crippen MR) is 146 cm³/mol. The Hall–Kier alpha value is -2.64. The zero-order valence-corrected chi connectivity index (χ0v) is 22.7. The number of anilines is 1. The van der Waals surface area contributed by atoms with E-state index in [1.807, 2.05) is 13.1 Å². The van der Waals surface area contributed by atoms with Crippen LogP contribution in [0.25, 0.3) is 0 Å². The normalized spacial score (nSPS) is 15.8. The van der Waals surface area contributed by atoms with Crippen molar-refractivity contribution in [3.8, 4) is 0 Å². The summed E-state index contributed by atoms with van der Waals surface area (Å²) in [5, 5.41) is 20.9. The fourth-order valence-electron chi connectivity index (χ4n) is 4.15. The van der Waals surface area contributed by atoms with Gasteiger partial charge in [0, 0.05) is 24.9 Å². The molecule has 0 bridgehead atoms. The number of carbonyl (C=O) groups excluding carboxylic acids is 1. The van der Waals surface area contributed by atoms with Crippen LogP contribution in [0.15, 0.2) is 54.0 Å². The molecule has 36 heavy (non-hydrogen) atoms. The Labute approximate surface area is 217 Å². The molecule has 7 heteroatoms. The number of ether oxygens (including phenoxy) is 1. The summed E-state index contributed by atoms with van der Waals surface area (Å²) in [7, 11) is 0. The van der Waals surface area contributed by atoms with Crippen LogP contribution in [0.4, 0.5) is 5.82 Å². The third kappa shape index (κ3) is 9.43. The van der Waals surface area contributed by atoms with Gasteiger partial charge in [-0.05, 0) is 80.2 Å². The van der Waals surface area contributed by atoms with Crippen molar-refractivity contribution in [2.75, 3.05) is 37.8 Å². The number of hydrogen-bond donors (Lipinski definition) is 3. The molecule has 0 unspecified atom stereocenters. The van der Waals surface area contributed by atoms with Crippen molar-refractivity contribution in [1.29, 1.82) is 0 Å². The fraction of sp³-hybridized carbons (Fsp3) is 0.586. The van der Waals surface area contributed by atoms with Gasteiger partial charge in [-0.2, -0.15) is 0 Å². The maximum atomic E-state index is 12.4. The molecule has 3 N–H and O–H groups in total. The summed E-state index contributed by atoms with van der Waals surface area (Å²) in [6.45, 7) is 16.1. The average molecular weight is 500 g/mol. The summed E-state index contributed by atoms with van der Waals surface area (Å²) in [6, 6.07) is 3.65.